The molecule has 0 aromatic heterocycles. The predicted molar refractivity (Wildman–Crippen MR) is 127 cm³/mol. The van der Waals surface area contributed by atoms with Gasteiger partial charge in [-0.15, -0.1) is 0 Å². The number of carbonyl (C=O) groups is 2. The van der Waals surface area contributed by atoms with Crippen LogP contribution in [0.25, 0.3) is 6.08 Å². The zero-order chi connectivity index (χ0) is 22.6. The van der Waals surface area contributed by atoms with E-state index in [0.717, 1.165) is 54.2 Å². The van der Waals surface area contributed by atoms with Gasteiger partial charge in [0, 0.05) is 5.56 Å². The Labute approximate surface area is 184 Å². The smallest absolute Gasteiger partial charge is 0.312 e. The molecule has 0 N–H and O–H groups in total. The number of carbonyl (C=O) groups excluding carboxylic acids is 2. The fourth-order valence-corrected chi connectivity index (χ4v) is 3.64. The summed E-state index contributed by atoms with van der Waals surface area (Å²) in [6.07, 6.45) is 14.0. The minimum Gasteiger partial charge on any atom is -0.457 e. The number of ether oxygens (including phenoxy) is 1. The van der Waals surface area contributed by atoms with Crippen molar-refractivity contribution in [3.05, 3.63) is 40.5 Å². The number of aryl methyl sites for hydroxylation is 2. The van der Waals surface area contributed by atoms with Crippen molar-refractivity contribution in [1.82, 2.24) is 0 Å². The van der Waals surface area contributed by atoms with Gasteiger partial charge < -0.3 is 4.74 Å². The summed E-state index contributed by atoms with van der Waals surface area (Å²) < 4.78 is 6.11. The van der Waals surface area contributed by atoms with Crippen LogP contribution in [0.1, 0.15) is 114 Å². The third kappa shape index (κ3) is 8.45. The molecule has 0 aliphatic rings. The number of unbranched alkanes of at least 4 members (excludes halogenated alkanes) is 6. The van der Waals surface area contributed by atoms with Crippen LogP contribution in [0.4, 0.5) is 0 Å². The van der Waals surface area contributed by atoms with E-state index in [1.165, 1.54) is 38.2 Å². The number of benzene rings is 1. The second-order valence-electron chi connectivity index (χ2n) is 9.12. The molecule has 0 saturated carbocycles. The van der Waals surface area contributed by atoms with Crippen molar-refractivity contribution in [3.63, 3.8) is 0 Å². The van der Waals surface area contributed by atoms with E-state index in [1.54, 1.807) is 0 Å². The van der Waals surface area contributed by atoms with E-state index in [2.05, 4.69) is 26.0 Å². The number of esters is 1. The standard InChI is InChI=1S/C27H42O3/c1-7-9-10-11-12-13-14-17-25(30-26(29)27(5,6)8-2)24-20-21(3)19-22(4)23(24)16-15-18-28/h15-16,18-20,25H,7-14,17H2,1-6H3/b16-15+. The van der Waals surface area contributed by atoms with Crippen molar-refractivity contribution in [2.45, 2.75) is 105 Å². The summed E-state index contributed by atoms with van der Waals surface area (Å²) in [4.78, 5) is 23.8. The number of aldehydes is 1. The molecule has 3 nitrogen and oxygen atoms in total. The molecular weight excluding hydrogens is 372 g/mol. The van der Waals surface area contributed by atoms with Crippen molar-refractivity contribution in [1.29, 1.82) is 0 Å². The van der Waals surface area contributed by atoms with Gasteiger partial charge in [0.1, 0.15) is 12.4 Å². The van der Waals surface area contributed by atoms with Crippen LogP contribution in [-0.2, 0) is 14.3 Å². The van der Waals surface area contributed by atoms with E-state index < -0.39 is 5.41 Å². The monoisotopic (exact) mass is 414 g/mol. The SMILES string of the molecule is CCCCCCCCCC(OC(=O)C(C)(C)CC)c1cc(C)cc(C)c1/C=C/C=O. The van der Waals surface area contributed by atoms with E-state index in [4.69, 9.17) is 4.74 Å². The fourth-order valence-electron chi connectivity index (χ4n) is 3.64. The molecule has 0 spiro atoms. The minimum absolute atomic E-state index is 0.151. The fraction of sp³-hybridized carbons (Fsp3) is 0.630. The van der Waals surface area contributed by atoms with Gasteiger partial charge in [-0.05, 0) is 64.2 Å². The summed E-state index contributed by atoms with van der Waals surface area (Å²) >= 11 is 0. The molecule has 0 fully saturated rings. The Hall–Kier alpha value is -1.90. The first-order valence-electron chi connectivity index (χ1n) is 11.7. The molecule has 3 heteroatoms. The molecule has 0 radical (unpaired) electrons. The van der Waals surface area contributed by atoms with Gasteiger partial charge in [-0.1, -0.05) is 76.1 Å². The Kier molecular flexibility index (Phi) is 11.7. The number of hydrogen-bond donors (Lipinski definition) is 0. The molecule has 0 aliphatic carbocycles. The molecule has 30 heavy (non-hydrogen) atoms. The summed E-state index contributed by atoms with van der Waals surface area (Å²) in [5.74, 6) is -0.151. The first-order chi connectivity index (χ1) is 14.3. The molecule has 0 heterocycles. The van der Waals surface area contributed by atoms with Crippen LogP contribution in [0.3, 0.4) is 0 Å². The molecular formula is C27H42O3. The van der Waals surface area contributed by atoms with E-state index in [-0.39, 0.29) is 12.1 Å². The summed E-state index contributed by atoms with van der Waals surface area (Å²) in [7, 11) is 0. The van der Waals surface area contributed by atoms with E-state index in [0.29, 0.717) is 0 Å². The topological polar surface area (TPSA) is 43.4 Å². The first-order valence-corrected chi connectivity index (χ1v) is 11.7. The summed E-state index contributed by atoms with van der Waals surface area (Å²) in [5, 5.41) is 0. The van der Waals surface area contributed by atoms with E-state index >= 15 is 0 Å². The lowest BCUT2D eigenvalue weighted by atomic mass is 9.89. The maximum Gasteiger partial charge on any atom is 0.312 e. The summed E-state index contributed by atoms with van der Waals surface area (Å²) in [6, 6.07) is 4.21. The third-order valence-electron chi connectivity index (χ3n) is 6.01. The van der Waals surface area contributed by atoms with Crippen molar-refractivity contribution >= 4 is 18.3 Å². The van der Waals surface area contributed by atoms with Crippen LogP contribution < -0.4 is 0 Å². The van der Waals surface area contributed by atoms with Crippen molar-refractivity contribution < 1.29 is 14.3 Å². The second kappa shape index (κ2) is 13.4. The average Bonchev–Trinajstić information content (AvgIpc) is 2.70. The maximum absolute atomic E-state index is 12.9. The highest BCUT2D eigenvalue weighted by atomic mass is 16.5. The predicted octanol–water partition coefficient (Wildman–Crippen LogP) is 7.68. The molecule has 1 unspecified atom stereocenters. The normalized spacial score (nSPS) is 12.9. The van der Waals surface area contributed by atoms with Crippen LogP contribution in [0.5, 0.6) is 0 Å². The molecule has 1 aromatic carbocycles. The maximum atomic E-state index is 12.9. The molecule has 0 amide bonds. The third-order valence-corrected chi connectivity index (χ3v) is 6.01. The van der Waals surface area contributed by atoms with Gasteiger partial charge >= 0.3 is 5.97 Å². The first kappa shape index (κ1) is 26.1. The Morgan fingerprint density at radius 1 is 1.03 bits per heavy atom. The molecule has 1 atom stereocenters. The van der Waals surface area contributed by atoms with E-state index in [9.17, 15) is 9.59 Å². The number of rotatable bonds is 14. The van der Waals surface area contributed by atoms with Gasteiger partial charge in [-0.25, -0.2) is 0 Å². The molecule has 1 rings (SSSR count). The van der Waals surface area contributed by atoms with Gasteiger partial charge in [-0.3, -0.25) is 9.59 Å². The van der Waals surface area contributed by atoms with Gasteiger partial charge in [0.05, 0.1) is 5.41 Å². The Morgan fingerprint density at radius 3 is 2.27 bits per heavy atom. The zero-order valence-electron chi connectivity index (χ0n) is 20.1. The Bertz CT molecular complexity index is 700. The zero-order valence-corrected chi connectivity index (χ0v) is 20.1. The lowest BCUT2D eigenvalue weighted by molar-refractivity contribution is -0.160. The lowest BCUT2D eigenvalue weighted by Crippen LogP contribution is -2.27. The van der Waals surface area contributed by atoms with Gasteiger partial charge in [0.25, 0.3) is 0 Å². The van der Waals surface area contributed by atoms with Crippen molar-refractivity contribution in [2.75, 3.05) is 0 Å². The van der Waals surface area contributed by atoms with Gasteiger partial charge in [-0.2, -0.15) is 0 Å². The highest BCUT2D eigenvalue weighted by Gasteiger charge is 2.30. The molecule has 168 valence electrons. The Balaban J connectivity index is 3.07. The second-order valence-corrected chi connectivity index (χ2v) is 9.12. The number of allylic oxidation sites excluding steroid dienone is 1. The van der Waals surface area contributed by atoms with Crippen LogP contribution in [0, 0.1) is 19.3 Å². The van der Waals surface area contributed by atoms with Crippen molar-refractivity contribution in [2.24, 2.45) is 5.41 Å². The van der Waals surface area contributed by atoms with Crippen LogP contribution in [0.15, 0.2) is 18.2 Å². The minimum atomic E-state index is -0.504. The van der Waals surface area contributed by atoms with Gasteiger partial charge in [0.2, 0.25) is 0 Å². The van der Waals surface area contributed by atoms with Crippen molar-refractivity contribution in [3.8, 4) is 0 Å². The van der Waals surface area contributed by atoms with Crippen LogP contribution in [-0.4, -0.2) is 12.3 Å². The number of hydrogen-bond acceptors (Lipinski definition) is 3. The summed E-state index contributed by atoms with van der Waals surface area (Å²) in [5.41, 5.74) is 3.73. The Morgan fingerprint density at radius 2 is 1.67 bits per heavy atom. The average molecular weight is 415 g/mol. The quantitative estimate of drug-likeness (QED) is 0.136. The molecule has 1 aromatic rings. The molecule has 0 bridgehead atoms. The largest absolute Gasteiger partial charge is 0.457 e. The highest BCUT2D eigenvalue weighted by molar-refractivity contribution is 5.77. The van der Waals surface area contributed by atoms with Gasteiger partial charge in [0.15, 0.2) is 0 Å². The highest BCUT2D eigenvalue weighted by Crippen LogP contribution is 2.34. The molecule has 0 aliphatic heterocycles. The molecule has 0 saturated heterocycles. The van der Waals surface area contributed by atoms with E-state index in [1.807, 2.05) is 33.8 Å². The lowest BCUT2D eigenvalue weighted by Gasteiger charge is -2.27. The van der Waals surface area contributed by atoms with Crippen LogP contribution in [0.2, 0.25) is 0 Å². The summed E-state index contributed by atoms with van der Waals surface area (Å²) in [6.45, 7) is 12.2. The van der Waals surface area contributed by atoms with Crippen LogP contribution >= 0.6 is 0 Å².